The van der Waals surface area contributed by atoms with Gasteiger partial charge >= 0.3 is 6.18 Å². The highest BCUT2D eigenvalue weighted by molar-refractivity contribution is 5.94. The van der Waals surface area contributed by atoms with E-state index in [1.807, 2.05) is 0 Å². The highest BCUT2D eigenvalue weighted by Crippen LogP contribution is 2.27. The summed E-state index contributed by atoms with van der Waals surface area (Å²) in [6, 6.07) is 6.89. The summed E-state index contributed by atoms with van der Waals surface area (Å²) in [4.78, 5) is 11.9. The number of aliphatic hydroxyl groups is 1. The van der Waals surface area contributed by atoms with Crippen LogP contribution in [0.1, 0.15) is 23.0 Å². The Bertz CT molecular complexity index is 665. The first kappa shape index (κ1) is 16.0. The molecule has 2 aromatic rings. The molecule has 2 N–H and O–H groups in total. The van der Waals surface area contributed by atoms with Crippen LogP contribution in [-0.4, -0.2) is 33.4 Å². The number of hydrogen-bond acceptors (Lipinski definition) is 3. The first-order valence-electron chi connectivity index (χ1n) is 6.47. The minimum Gasteiger partial charge on any atom is -0.392 e. The Balaban J connectivity index is 2.21. The van der Waals surface area contributed by atoms with E-state index in [9.17, 15) is 18.0 Å². The van der Waals surface area contributed by atoms with Gasteiger partial charge in [-0.05, 0) is 31.2 Å². The molecule has 0 radical (unpaired) electrons. The minimum absolute atomic E-state index is 0.0864. The van der Waals surface area contributed by atoms with Crippen LogP contribution in [0.15, 0.2) is 36.5 Å². The number of aliphatic hydroxyl groups excluding tert-OH is 1. The predicted molar refractivity (Wildman–Crippen MR) is 72.6 cm³/mol. The number of amides is 1. The number of alkyl halides is 3. The van der Waals surface area contributed by atoms with Crippen molar-refractivity contribution in [3.05, 3.63) is 47.8 Å². The molecule has 0 aliphatic rings. The fourth-order valence-electron chi connectivity index (χ4n) is 1.75. The van der Waals surface area contributed by atoms with Crippen LogP contribution >= 0.6 is 0 Å². The van der Waals surface area contributed by atoms with Crippen LogP contribution in [0.5, 0.6) is 0 Å². The number of carbonyl (C=O) groups excluding carboxylic acids is 1. The first-order chi connectivity index (χ1) is 10.3. The van der Waals surface area contributed by atoms with E-state index in [-0.39, 0.29) is 12.1 Å². The third-order valence-corrected chi connectivity index (χ3v) is 2.81. The molecule has 0 bridgehead atoms. The third-order valence-electron chi connectivity index (χ3n) is 2.81. The van der Waals surface area contributed by atoms with Crippen LogP contribution in [0, 0.1) is 0 Å². The molecule has 0 aliphatic carbocycles. The Morgan fingerprint density at radius 1 is 1.41 bits per heavy atom. The minimum atomic E-state index is -4.52. The Kier molecular flexibility index (Phi) is 4.51. The van der Waals surface area contributed by atoms with Gasteiger partial charge in [-0.25, -0.2) is 4.68 Å². The van der Waals surface area contributed by atoms with Gasteiger partial charge in [0.2, 0.25) is 0 Å². The summed E-state index contributed by atoms with van der Waals surface area (Å²) in [5.74, 6) is -0.425. The average molecular weight is 313 g/mol. The number of halogens is 3. The van der Waals surface area contributed by atoms with E-state index in [1.54, 1.807) is 12.1 Å². The summed E-state index contributed by atoms with van der Waals surface area (Å²) in [6.07, 6.45) is -4.03. The van der Waals surface area contributed by atoms with Crippen molar-refractivity contribution in [2.24, 2.45) is 0 Å². The zero-order valence-electron chi connectivity index (χ0n) is 11.6. The molecule has 8 heteroatoms. The highest BCUT2D eigenvalue weighted by atomic mass is 19.4. The SMILES string of the molecule is CC(O)CNC(=O)c1cccc(-n2ccc(C(F)(F)F)n2)c1. The molecule has 0 saturated heterocycles. The Morgan fingerprint density at radius 2 is 2.14 bits per heavy atom. The van der Waals surface area contributed by atoms with Gasteiger partial charge in [0, 0.05) is 18.3 Å². The van der Waals surface area contributed by atoms with Crippen molar-refractivity contribution in [3.63, 3.8) is 0 Å². The van der Waals surface area contributed by atoms with Crippen molar-refractivity contribution in [2.75, 3.05) is 6.54 Å². The molecule has 1 unspecified atom stereocenters. The maximum Gasteiger partial charge on any atom is 0.435 e. The number of aromatic nitrogens is 2. The highest BCUT2D eigenvalue weighted by Gasteiger charge is 2.33. The lowest BCUT2D eigenvalue weighted by Crippen LogP contribution is -2.30. The fraction of sp³-hybridized carbons (Fsp3) is 0.286. The normalized spacial score (nSPS) is 13.0. The fourth-order valence-corrected chi connectivity index (χ4v) is 1.75. The van der Waals surface area contributed by atoms with Crippen LogP contribution in [-0.2, 0) is 6.18 Å². The topological polar surface area (TPSA) is 67.2 Å². The number of benzene rings is 1. The Hall–Kier alpha value is -2.35. The zero-order chi connectivity index (χ0) is 16.3. The van der Waals surface area contributed by atoms with Crippen LogP contribution in [0.4, 0.5) is 13.2 Å². The largest absolute Gasteiger partial charge is 0.435 e. The number of nitrogens with zero attached hydrogens (tertiary/aromatic N) is 2. The quantitative estimate of drug-likeness (QED) is 0.907. The van der Waals surface area contributed by atoms with E-state index >= 15 is 0 Å². The lowest BCUT2D eigenvalue weighted by molar-refractivity contribution is -0.141. The number of rotatable bonds is 4. The van der Waals surface area contributed by atoms with Crippen molar-refractivity contribution >= 4 is 5.91 Å². The Labute approximate surface area is 124 Å². The molecule has 0 fully saturated rings. The maximum atomic E-state index is 12.5. The third kappa shape index (κ3) is 3.85. The zero-order valence-corrected chi connectivity index (χ0v) is 11.6. The van der Waals surface area contributed by atoms with E-state index in [0.717, 1.165) is 10.7 Å². The van der Waals surface area contributed by atoms with Gasteiger partial charge in [0.1, 0.15) is 0 Å². The van der Waals surface area contributed by atoms with Crippen LogP contribution < -0.4 is 5.32 Å². The van der Waals surface area contributed by atoms with Crippen molar-refractivity contribution < 1.29 is 23.1 Å². The average Bonchev–Trinajstić information content (AvgIpc) is 2.94. The Morgan fingerprint density at radius 3 is 2.73 bits per heavy atom. The van der Waals surface area contributed by atoms with Gasteiger partial charge in [-0.1, -0.05) is 6.07 Å². The van der Waals surface area contributed by atoms with Crippen LogP contribution in [0.3, 0.4) is 0 Å². The van der Waals surface area contributed by atoms with Gasteiger partial charge < -0.3 is 10.4 Å². The van der Waals surface area contributed by atoms with Crippen molar-refractivity contribution in [3.8, 4) is 5.69 Å². The van der Waals surface area contributed by atoms with Gasteiger partial charge in [-0.2, -0.15) is 18.3 Å². The summed E-state index contributed by atoms with van der Waals surface area (Å²) in [6.45, 7) is 1.61. The van der Waals surface area contributed by atoms with Crippen LogP contribution in [0.25, 0.3) is 5.69 Å². The van der Waals surface area contributed by atoms with Crippen molar-refractivity contribution in [1.29, 1.82) is 0 Å². The molecule has 1 aromatic carbocycles. The molecular weight excluding hydrogens is 299 g/mol. The molecule has 5 nitrogen and oxygen atoms in total. The van der Waals surface area contributed by atoms with E-state index in [2.05, 4.69) is 10.4 Å². The lowest BCUT2D eigenvalue weighted by atomic mass is 10.2. The molecule has 1 amide bonds. The summed E-state index contributed by atoms with van der Waals surface area (Å²) >= 11 is 0. The monoisotopic (exact) mass is 313 g/mol. The molecule has 1 aromatic heterocycles. The van der Waals surface area contributed by atoms with Gasteiger partial charge in [0.15, 0.2) is 5.69 Å². The predicted octanol–water partition coefficient (Wildman–Crippen LogP) is 2.00. The van der Waals surface area contributed by atoms with Crippen molar-refractivity contribution in [2.45, 2.75) is 19.2 Å². The van der Waals surface area contributed by atoms with E-state index in [4.69, 9.17) is 5.11 Å². The second kappa shape index (κ2) is 6.18. The summed E-state index contributed by atoms with van der Waals surface area (Å²) in [5, 5.41) is 15.1. The van der Waals surface area contributed by atoms with Gasteiger partial charge in [0.25, 0.3) is 5.91 Å². The van der Waals surface area contributed by atoms with E-state index in [0.29, 0.717) is 5.69 Å². The number of carbonyl (C=O) groups is 1. The standard InChI is InChI=1S/C14H14F3N3O2/c1-9(21)8-18-13(22)10-3-2-4-11(7-10)20-6-5-12(19-20)14(15,16)17/h2-7,9,21H,8H2,1H3,(H,18,22). The summed E-state index contributed by atoms with van der Waals surface area (Å²) in [5.41, 5.74) is -0.404. The van der Waals surface area contributed by atoms with Gasteiger partial charge in [-0.15, -0.1) is 0 Å². The van der Waals surface area contributed by atoms with Gasteiger partial charge in [0.05, 0.1) is 11.8 Å². The van der Waals surface area contributed by atoms with E-state index in [1.165, 1.54) is 25.3 Å². The van der Waals surface area contributed by atoms with Crippen LogP contribution in [0.2, 0.25) is 0 Å². The molecule has 22 heavy (non-hydrogen) atoms. The molecular formula is C14H14F3N3O2. The molecule has 0 aliphatic heterocycles. The number of nitrogens with one attached hydrogen (secondary N) is 1. The lowest BCUT2D eigenvalue weighted by Gasteiger charge is -2.08. The second-order valence-corrected chi connectivity index (χ2v) is 4.75. The maximum absolute atomic E-state index is 12.5. The molecule has 1 atom stereocenters. The van der Waals surface area contributed by atoms with Gasteiger partial charge in [-0.3, -0.25) is 4.79 Å². The molecule has 2 rings (SSSR count). The second-order valence-electron chi connectivity index (χ2n) is 4.75. The molecule has 118 valence electrons. The smallest absolute Gasteiger partial charge is 0.392 e. The van der Waals surface area contributed by atoms with Crippen molar-refractivity contribution in [1.82, 2.24) is 15.1 Å². The molecule has 0 spiro atoms. The summed E-state index contributed by atoms with van der Waals surface area (Å²) in [7, 11) is 0. The molecule has 0 saturated carbocycles. The summed E-state index contributed by atoms with van der Waals surface area (Å²) < 4.78 is 38.7. The molecule has 1 heterocycles. The number of hydrogen-bond donors (Lipinski definition) is 2. The van der Waals surface area contributed by atoms with E-state index < -0.39 is 23.9 Å². The first-order valence-corrected chi connectivity index (χ1v) is 6.47.